The Morgan fingerprint density at radius 1 is 1.43 bits per heavy atom. The Morgan fingerprint density at radius 3 is 2.64 bits per heavy atom. The fourth-order valence-corrected chi connectivity index (χ4v) is 1.04. The number of aliphatic hydroxyl groups excluding tert-OH is 1. The summed E-state index contributed by atoms with van der Waals surface area (Å²) < 4.78 is 13.1. The minimum Gasteiger partial charge on any atom is -0.386 e. The molecule has 5 heteroatoms. The topological polar surface area (TPSA) is 84.6 Å². The smallest absolute Gasteiger partial charge is 0.186 e. The van der Waals surface area contributed by atoms with Crippen LogP contribution in [0.1, 0.15) is 11.7 Å². The van der Waals surface area contributed by atoms with E-state index in [1.807, 2.05) is 0 Å². The lowest BCUT2D eigenvalue weighted by Gasteiger charge is -2.08. The van der Waals surface area contributed by atoms with Gasteiger partial charge in [-0.15, -0.1) is 0 Å². The van der Waals surface area contributed by atoms with Crippen LogP contribution in [0.15, 0.2) is 29.3 Å². The quantitative estimate of drug-likeness (QED) is 0.475. The van der Waals surface area contributed by atoms with Gasteiger partial charge in [-0.3, -0.25) is 4.99 Å². The number of rotatable bonds is 3. The number of hydrogen-bond donors (Lipinski definition) is 3. The lowest BCUT2D eigenvalue weighted by Crippen LogP contribution is -2.23. The molecular weight excluding hydrogens is 185 g/mol. The van der Waals surface area contributed by atoms with Crippen LogP contribution in [0.4, 0.5) is 4.39 Å². The van der Waals surface area contributed by atoms with Crippen LogP contribution in [0.25, 0.3) is 0 Å². The summed E-state index contributed by atoms with van der Waals surface area (Å²) in [5.41, 5.74) is 10.4. The zero-order valence-corrected chi connectivity index (χ0v) is 7.52. The molecule has 0 bridgehead atoms. The molecule has 0 radical (unpaired) electrons. The second kappa shape index (κ2) is 4.57. The summed E-state index contributed by atoms with van der Waals surface area (Å²) >= 11 is 0. The zero-order chi connectivity index (χ0) is 10.6. The molecule has 0 saturated carbocycles. The monoisotopic (exact) mass is 197 g/mol. The predicted molar refractivity (Wildman–Crippen MR) is 52.0 cm³/mol. The second-order valence-electron chi connectivity index (χ2n) is 2.80. The van der Waals surface area contributed by atoms with E-state index in [2.05, 4.69) is 4.99 Å². The third-order valence-corrected chi connectivity index (χ3v) is 1.71. The molecule has 0 aliphatic heterocycles. The van der Waals surface area contributed by atoms with Crippen LogP contribution in [0.2, 0.25) is 0 Å². The van der Waals surface area contributed by atoms with Crippen LogP contribution in [-0.2, 0) is 0 Å². The first-order valence-electron chi connectivity index (χ1n) is 4.09. The highest BCUT2D eigenvalue weighted by Crippen LogP contribution is 2.16. The molecule has 5 N–H and O–H groups in total. The van der Waals surface area contributed by atoms with Crippen molar-refractivity contribution in [3.63, 3.8) is 0 Å². The molecule has 1 rings (SSSR count). The van der Waals surface area contributed by atoms with E-state index < -0.39 is 11.9 Å². The Labute approximate surface area is 81.1 Å². The van der Waals surface area contributed by atoms with Crippen molar-refractivity contribution in [3.05, 3.63) is 35.6 Å². The molecule has 0 aliphatic carbocycles. The van der Waals surface area contributed by atoms with Crippen molar-refractivity contribution in [2.24, 2.45) is 16.5 Å². The van der Waals surface area contributed by atoms with E-state index in [4.69, 9.17) is 11.5 Å². The van der Waals surface area contributed by atoms with Crippen molar-refractivity contribution >= 4 is 5.96 Å². The van der Waals surface area contributed by atoms with Gasteiger partial charge in [0, 0.05) is 5.56 Å². The van der Waals surface area contributed by atoms with Crippen LogP contribution >= 0.6 is 0 Å². The first-order valence-corrected chi connectivity index (χ1v) is 4.09. The van der Waals surface area contributed by atoms with Gasteiger partial charge in [-0.1, -0.05) is 18.2 Å². The van der Waals surface area contributed by atoms with Crippen LogP contribution in [0.3, 0.4) is 0 Å². The first-order chi connectivity index (χ1) is 6.61. The molecule has 0 heterocycles. The molecule has 1 aromatic carbocycles. The maximum atomic E-state index is 13.1. The number of aliphatic imine (C=N–C) groups is 1. The summed E-state index contributed by atoms with van der Waals surface area (Å²) in [6.45, 7) is -0.0384. The molecule has 4 nitrogen and oxygen atoms in total. The third kappa shape index (κ3) is 2.70. The molecule has 0 aliphatic rings. The summed E-state index contributed by atoms with van der Waals surface area (Å²) in [4.78, 5) is 3.60. The lowest BCUT2D eigenvalue weighted by atomic mass is 10.1. The number of benzene rings is 1. The Bertz CT molecular complexity index is 337. The van der Waals surface area contributed by atoms with Crippen molar-refractivity contribution in [2.75, 3.05) is 6.54 Å². The van der Waals surface area contributed by atoms with Gasteiger partial charge in [0.25, 0.3) is 0 Å². The van der Waals surface area contributed by atoms with E-state index in [1.165, 1.54) is 12.1 Å². The molecule has 1 atom stereocenters. The summed E-state index contributed by atoms with van der Waals surface area (Å²) in [6.07, 6.45) is -1.02. The molecule has 76 valence electrons. The van der Waals surface area contributed by atoms with Gasteiger partial charge in [-0.25, -0.2) is 4.39 Å². The van der Waals surface area contributed by atoms with Crippen LogP contribution in [-0.4, -0.2) is 17.6 Å². The van der Waals surface area contributed by atoms with E-state index in [9.17, 15) is 9.50 Å². The molecule has 0 unspecified atom stereocenters. The Morgan fingerprint density at radius 2 is 2.07 bits per heavy atom. The summed E-state index contributed by atoms with van der Waals surface area (Å²) in [6, 6.07) is 5.94. The van der Waals surface area contributed by atoms with E-state index in [0.717, 1.165) is 0 Å². The zero-order valence-electron chi connectivity index (χ0n) is 7.52. The molecule has 14 heavy (non-hydrogen) atoms. The van der Waals surface area contributed by atoms with Crippen molar-refractivity contribution in [2.45, 2.75) is 6.10 Å². The number of hydrogen-bond acceptors (Lipinski definition) is 2. The highest BCUT2D eigenvalue weighted by atomic mass is 19.1. The summed E-state index contributed by atoms with van der Waals surface area (Å²) in [7, 11) is 0. The maximum Gasteiger partial charge on any atom is 0.186 e. The van der Waals surface area contributed by atoms with Crippen LogP contribution in [0, 0.1) is 5.82 Å². The van der Waals surface area contributed by atoms with Crippen molar-refractivity contribution in [1.29, 1.82) is 0 Å². The highest BCUT2D eigenvalue weighted by Gasteiger charge is 2.10. The lowest BCUT2D eigenvalue weighted by molar-refractivity contribution is 0.182. The fraction of sp³-hybridized carbons (Fsp3) is 0.222. The Hall–Kier alpha value is -1.62. The minimum atomic E-state index is -1.02. The summed E-state index contributed by atoms with van der Waals surface area (Å²) in [5, 5.41) is 9.49. The van der Waals surface area contributed by atoms with Crippen LogP contribution < -0.4 is 11.5 Å². The van der Waals surface area contributed by atoms with Gasteiger partial charge in [0.1, 0.15) is 11.9 Å². The normalized spacial score (nSPS) is 12.1. The van der Waals surface area contributed by atoms with Crippen molar-refractivity contribution in [3.8, 4) is 0 Å². The molecule has 1 aromatic rings. The Kier molecular flexibility index (Phi) is 3.41. The van der Waals surface area contributed by atoms with Gasteiger partial charge in [0.05, 0.1) is 6.54 Å². The average Bonchev–Trinajstić information content (AvgIpc) is 2.15. The number of halogens is 1. The van der Waals surface area contributed by atoms with Gasteiger partial charge in [-0.05, 0) is 6.07 Å². The van der Waals surface area contributed by atoms with Gasteiger partial charge in [-0.2, -0.15) is 0 Å². The maximum absolute atomic E-state index is 13.1. The van der Waals surface area contributed by atoms with Crippen LogP contribution in [0.5, 0.6) is 0 Å². The largest absolute Gasteiger partial charge is 0.386 e. The van der Waals surface area contributed by atoms with Gasteiger partial charge < -0.3 is 16.6 Å². The van der Waals surface area contributed by atoms with Crippen molar-refractivity contribution in [1.82, 2.24) is 0 Å². The minimum absolute atomic E-state index is 0.0384. The molecule has 0 saturated heterocycles. The van der Waals surface area contributed by atoms with Gasteiger partial charge >= 0.3 is 0 Å². The van der Waals surface area contributed by atoms with E-state index in [-0.39, 0.29) is 18.1 Å². The standard InChI is InChI=1S/C9H12FN3O/c10-7-4-2-1-3-6(7)8(14)5-13-9(11)12/h1-4,8,14H,5H2,(H4,11,12,13)/t8-/m0/s1. The number of nitrogens with two attached hydrogens (primary N) is 2. The van der Waals surface area contributed by atoms with E-state index in [0.29, 0.717) is 0 Å². The second-order valence-corrected chi connectivity index (χ2v) is 2.80. The molecule has 0 fully saturated rings. The molecule has 0 spiro atoms. The number of nitrogens with zero attached hydrogens (tertiary/aromatic N) is 1. The first kappa shape index (κ1) is 10.5. The predicted octanol–water partition coefficient (Wildman–Crippen LogP) is 0.133. The van der Waals surface area contributed by atoms with Gasteiger partial charge in [0.2, 0.25) is 0 Å². The highest BCUT2D eigenvalue weighted by molar-refractivity contribution is 5.75. The Balaban J connectivity index is 2.74. The number of guanidine groups is 1. The molecule has 0 amide bonds. The molecule has 0 aromatic heterocycles. The SMILES string of the molecule is NC(N)=NC[C@H](O)c1ccccc1F. The molecular formula is C9H12FN3O. The fourth-order valence-electron chi connectivity index (χ4n) is 1.04. The third-order valence-electron chi connectivity index (χ3n) is 1.71. The average molecular weight is 197 g/mol. The summed E-state index contributed by atoms with van der Waals surface area (Å²) in [5.74, 6) is -0.591. The van der Waals surface area contributed by atoms with E-state index in [1.54, 1.807) is 12.1 Å². The van der Waals surface area contributed by atoms with E-state index >= 15 is 0 Å². The van der Waals surface area contributed by atoms with Crippen molar-refractivity contribution < 1.29 is 9.50 Å². The van der Waals surface area contributed by atoms with Gasteiger partial charge in [0.15, 0.2) is 5.96 Å². The number of aliphatic hydroxyl groups is 1.